The molecule has 2 saturated heterocycles. The van der Waals surface area contributed by atoms with Crippen LogP contribution in [0.1, 0.15) is 25.3 Å². The van der Waals surface area contributed by atoms with Gasteiger partial charge in [-0.25, -0.2) is 18.4 Å². The molecular formula is C24H29N5O2S. The molecule has 7 nitrogen and oxygen atoms in total. The Hall–Kier alpha value is -2.71. The lowest BCUT2D eigenvalue weighted by atomic mass is 9.72. The maximum atomic E-state index is 11.7. The highest BCUT2D eigenvalue weighted by Crippen LogP contribution is 2.42. The van der Waals surface area contributed by atoms with Gasteiger partial charge in [-0.15, -0.1) is 0 Å². The van der Waals surface area contributed by atoms with E-state index in [1.54, 1.807) is 13.3 Å². The molecule has 3 heterocycles. The molecule has 0 radical (unpaired) electrons. The summed E-state index contributed by atoms with van der Waals surface area (Å²) in [6, 6.07) is 16.0. The van der Waals surface area contributed by atoms with E-state index in [-0.39, 0.29) is 5.75 Å². The number of fused-ring (bicyclic) bond motifs is 1. The molecular weight excluding hydrogens is 422 g/mol. The first-order valence-electron chi connectivity index (χ1n) is 11.2. The van der Waals surface area contributed by atoms with Crippen LogP contribution in [-0.4, -0.2) is 55.2 Å². The topological polar surface area (TPSA) is 78.4 Å². The zero-order chi connectivity index (χ0) is 22.2. The fourth-order valence-electron chi connectivity index (χ4n) is 4.95. The maximum absolute atomic E-state index is 11.7. The quantitative estimate of drug-likeness (QED) is 0.618. The van der Waals surface area contributed by atoms with Crippen molar-refractivity contribution in [2.24, 2.45) is 5.41 Å². The van der Waals surface area contributed by atoms with E-state index in [9.17, 15) is 8.42 Å². The minimum atomic E-state index is -3.23. The van der Waals surface area contributed by atoms with Gasteiger partial charge in [0.05, 0.1) is 11.3 Å². The van der Waals surface area contributed by atoms with E-state index in [4.69, 9.17) is 0 Å². The second-order valence-corrected chi connectivity index (χ2v) is 11.1. The van der Waals surface area contributed by atoms with Crippen LogP contribution in [0.3, 0.4) is 0 Å². The van der Waals surface area contributed by atoms with Crippen LogP contribution in [0.25, 0.3) is 10.9 Å². The minimum absolute atomic E-state index is 0.0789. The van der Waals surface area contributed by atoms with E-state index < -0.39 is 10.0 Å². The number of hydrogen-bond donors (Lipinski definition) is 1. The number of nitrogens with zero attached hydrogens (tertiary/aromatic N) is 4. The van der Waals surface area contributed by atoms with Crippen LogP contribution in [0.15, 0.2) is 54.9 Å². The van der Waals surface area contributed by atoms with Crippen molar-refractivity contribution >= 4 is 32.4 Å². The van der Waals surface area contributed by atoms with E-state index in [0.29, 0.717) is 11.1 Å². The summed E-state index contributed by atoms with van der Waals surface area (Å²) in [5.74, 6) is 1.13. The molecule has 32 heavy (non-hydrogen) atoms. The lowest BCUT2D eigenvalue weighted by Crippen LogP contribution is -2.59. The van der Waals surface area contributed by atoms with Crippen LogP contribution < -0.4 is 9.62 Å². The molecule has 0 saturated carbocycles. The Kier molecular flexibility index (Phi) is 5.51. The number of rotatable bonds is 6. The number of likely N-dealkylation sites (tertiary alicyclic amines) is 1. The van der Waals surface area contributed by atoms with Crippen molar-refractivity contribution in [2.75, 3.05) is 41.6 Å². The molecule has 0 atom stereocenters. The Morgan fingerprint density at radius 2 is 1.72 bits per heavy atom. The van der Waals surface area contributed by atoms with Gasteiger partial charge >= 0.3 is 0 Å². The van der Waals surface area contributed by atoms with Crippen LogP contribution in [-0.2, 0) is 16.6 Å². The Morgan fingerprint density at radius 3 is 2.44 bits per heavy atom. The van der Waals surface area contributed by atoms with Crippen molar-refractivity contribution in [1.29, 1.82) is 0 Å². The molecule has 2 aromatic carbocycles. The molecule has 1 N–H and O–H groups in total. The Labute approximate surface area is 189 Å². The molecule has 2 aliphatic heterocycles. The number of para-hydroxylation sites is 1. The number of benzene rings is 2. The molecule has 2 fully saturated rings. The van der Waals surface area contributed by atoms with Crippen LogP contribution >= 0.6 is 0 Å². The van der Waals surface area contributed by atoms with E-state index in [2.05, 4.69) is 36.6 Å². The smallest absolute Gasteiger partial charge is 0.232 e. The van der Waals surface area contributed by atoms with Crippen molar-refractivity contribution in [3.8, 4) is 0 Å². The van der Waals surface area contributed by atoms with Gasteiger partial charge in [0, 0.05) is 43.8 Å². The van der Waals surface area contributed by atoms with Gasteiger partial charge in [-0.3, -0.25) is 9.62 Å². The molecule has 1 aromatic heterocycles. The summed E-state index contributed by atoms with van der Waals surface area (Å²) in [6.07, 6.45) is 4.03. The number of aromatic nitrogens is 2. The van der Waals surface area contributed by atoms with E-state index in [1.165, 1.54) is 18.4 Å². The fraction of sp³-hybridized carbons (Fsp3) is 0.417. The van der Waals surface area contributed by atoms with Crippen LogP contribution in [0, 0.1) is 5.41 Å². The van der Waals surface area contributed by atoms with Gasteiger partial charge in [0.25, 0.3) is 0 Å². The lowest BCUT2D eigenvalue weighted by molar-refractivity contribution is -0.0240. The largest absolute Gasteiger partial charge is 0.356 e. The van der Waals surface area contributed by atoms with Crippen molar-refractivity contribution in [3.05, 3.63) is 60.4 Å². The zero-order valence-electron chi connectivity index (χ0n) is 18.4. The Bertz CT molecular complexity index is 1190. The van der Waals surface area contributed by atoms with Gasteiger partial charge in [-0.2, -0.15) is 0 Å². The monoisotopic (exact) mass is 451 g/mol. The fourth-order valence-corrected chi connectivity index (χ4v) is 5.59. The summed E-state index contributed by atoms with van der Waals surface area (Å²) in [5, 5.41) is 1.13. The summed E-state index contributed by atoms with van der Waals surface area (Å²) in [6.45, 7) is 6.84. The third-order valence-corrected chi connectivity index (χ3v) is 8.08. The first kappa shape index (κ1) is 21.2. The first-order chi connectivity index (χ1) is 15.5. The molecule has 3 aromatic rings. The van der Waals surface area contributed by atoms with Gasteiger partial charge in [-0.05, 0) is 55.0 Å². The normalized spacial score (nSPS) is 18.6. The number of sulfonamides is 1. The predicted molar refractivity (Wildman–Crippen MR) is 128 cm³/mol. The van der Waals surface area contributed by atoms with Crippen molar-refractivity contribution in [3.63, 3.8) is 0 Å². The molecule has 0 amide bonds. The van der Waals surface area contributed by atoms with Crippen LogP contribution in [0.4, 0.5) is 11.5 Å². The Balaban J connectivity index is 1.15. The van der Waals surface area contributed by atoms with Gasteiger partial charge in [0.2, 0.25) is 10.0 Å². The third kappa shape index (κ3) is 4.29. The zero-order valence-corrected chi connectivity index (χ0v) is 19.2. The lowest BCUT2D eigenvalue weighted by Gasteiger charge is -2.54. The summed E-state index contributed by atoms with van der Waals surface area (Å²) >= 11 is 0. The molecule has 0 bridgehead atoms. The highest BCUT2D eigenvalue weighted by Gasteiger charge is 2.44. The molecule has 0 aliphatic carbocycles. The number of nitrogens with one attached hydrogen (secondary N) is 1. The third-order valence-electron chi connectivity index (χ3n) is 6.78. The second kappa shape index (κ2) is 8.33. The van der Waals surface area contributed by atoms with Crippen molar-refractivity contribution in [1.82, 2.24) is 14.9 Å². The van der Waals surface area contributed by atoms with Gasteiger partial charge in [0.1, 0.15) is 12.1 Å². The van der Waals surface area contributed by atoms with Gasteiger partial charge < -0.3 is 4.90 Å². The predicted octanol–water partition coefficient (Wildman–Crippen LogP) is 3.49. The SMILES string of the molecule is CCS(=O)(=O)Nc1ccc(CN2CC3(CCN(c4ncnc5ccccc45)CC3)C2)cc1. The van der Waals surface area contributed by atoms with Crippen molar-refractivity contribution in [2.45, 2.75) is 26.3 Å². The van der Waals surface area contributed by atoms with Crippen molar-refractivity contribution < 1.29 is 8.42 Å². The highest BCUT2D eigenvalue weighted by atomic mass is 32.2. The van der Waals surface area contributed by atoms with E-state index >= 15 is 0 Å². The molecule has 2 aliphatic rings. The first-order valence-corrected chi connectivity index (χ1v) is 12.9. The molecule has 8 heteroatoms. The van der Waals surface area contributed by atoms with Gasteiger partial charge in [0.15, 0.2) is 0 Å². The maximum Gasteiger partial charge on any atom is 0.232 e. The average Bonchev–Trinajstić information content (AvgIpc) is 2.79. The standard InChI is InChI=1S/C24H29N5O2S/c1-2-32(30,31)27-20-9-7-19(8-10-20)15-28-16-24(17-28)11-13-29(14-12-24)23-21-5-3-4-6-22(21)25-18-26-23/h3-10,18,27H,2,11-17H2,1H3. The summed E-state index contributed by atoms with van der Waals surface area (Å²) in [4.78, 5) is 13.9. The van der Waals surface area contributed by atoms with Crippen LogP contribution in [0.2, 0.25) is 0 Å². The van der Waals surface area contributed by atoms with Gasteiger partial charge in [-0.1, -0.05) is 24.3 Å². The number of piperidine rings is 1. The van der Waals surface area contributed by atoms with Crippen LogP contribution in [0.5, 0.6) is 0 Å². The molecule has 168 valence electrons. The van der Waals surface area contributed by atoms with E-state index in [0.717, 1.165) is 49.4 Å². The second-order valence-electron chi connectivity index (χ2n) is 9.05. The molecule has 0 unspecified atom stereocenters. The molecule has 5 rings (SSSR count). The minimum Gasteiger partial charge on any atom is -0.356 e. The number of hydrogen-bond acceptors (Lipinski definition) is 6. The highest BCUT2D eigenvalue weighted by molar-refractivity contribution is 7.92. The van der Waals surface area contributed by atoms with E-state index in [1.807, 2.05) is 36.4 Å². The number of anilines is 2. The summed E-state index contributed by atoms with van der Waals surface area (Å²) < 4.78 is 26.0. The average molecular weight is 452 g/mol. The molecule has 1 spiro atoms. The Morgan fingerprint density at radius 1 is 1.00 bits per heavy atom. The summed E-state index contributed by atoms with van der Waals surface area (Å²) in [5.41, 5.74) is 3.25. The summed E-state index contributed by atoms with van der Waals surface area (Å²) in [7, 11) is -3.23.